The Morgan fingerprint density at radius 3 is 1.25 bits per heavy atom. The van der Waals surface area contributed by atoms with Crippen LogP contribution in [0.15, 0.2) is 0 Å². The van der Waals surface area contributed by atoms with Crippen LogP contribution >= 0.6 is 0 Å². The van der Waals surface area contributed by atoms with Crippen LogP contribution in [0.4, 0.5) is 0 Å². The van der Waals surface area contributed by atoms with Gasteiger partial charge < -0.3 is 10.0 Å². The Bertz CT molecular complexity index is 6.00. The Kier molecular flexibility index (Phi) is 20.6. The monoisotopic (exact) mass is 94.0 g/mol. The van der Waals surface area contributed by atoms with E-state index in [9.17, 15) is 0 Å². The van der Waals surface area contributed by atoms with Crippen molar-refractivity contribution < 1.29 is 31.8 Å². The second-order valence-electron chi connectivity index (χ2n) is 0.141. The third kappa shape index (κ3) is 15.9. The van der Waals surface area contributed by atoms with Crippen LogP contribution in [-0.4, -0.2) is 17.7 Å². The van der Waals surface area contributed by atoms with Crippen LogP contribution in [0.1, 0.15) is 0 Å². The molecule has 0 saturated heterocycles. The minimum Gasteiger partial charge on any atom is -0.430 e. The van der Waals surface area contributed by atoms with Crippen LogP contribution in [-0.2, 0) is 21.7 Å². The molecule has 0 aromatic rings. The Morgan fingerprint density at radius 1 is 1.25 bits per heavy atom. The minimum atomic E-state index is -0.750. The standard InChI is InChI=1S/BH3O2.Ti/c2-1-3;/h1-3H;. The first-order valence-electron chi connectivity index (χ1n) is 0.632. The topological polar surface area (TPSA) is 40.5 Å². The van der Waals surface area contributed by atoms with Gasteiger partial charge in [-0.05, 0) is 0 Å². The number of hydrogen-bond acceptors (Lipinski definition) is 2. The Hall–Kier alpha value is 0.699. The molecule has 0 aliphatic rings. The van der Waals surface area contributed by atoms with Crippen molar-refractivity contribution in [2.75, 3.05) is 0 Å². The van der Waals surface area contributed by atoms with Gasteiger partial charge in [0.05, 0.1) is 0 Å². The molecule has 2 nitrogen and oxygen atoms in total. The minimum absolute atomic E-state index is 0. The molecule has 0 bridgehead atoms. The first-order valence-corrected chi connectivity index (χ1v) is 0.632. The molecule has 0 unspecified atom stereocenters. The van der Waals surface area contributed by atoms with Gasteiger partial charge in [-0.15, -0.1) is 0 Å². The van der Waals surface area contributed by atoms with E-state index in [0.29, 0.717) is 0 Å². The second kappa shape index (κ2) is 9.33. The molecule has 0 aromatic heterocycles. The first-order chi connectivity index (χ1) is 1.41. The fourth-order valence-corrected chi connectivity index (χ4v) is 0. The van der Waals surface area contributed by atoms with Crippen molar-refractivity contribution in [1.29, 1.82) is 0 Å². The maximum absolute atomic E-state index is 7.12. The van der Waals surface area contributed by atoms with Crippen LogP contribution in [0.2, 0.25) is 0 Å². The molecule has 0 amide bonds. The van der Waals surface area contributed by atoms with E-state index < -0.39 is 7.69 Å². The van der Waals surface area contributed by atoms with Crippen LogP contribution in [0, 0.1) is 0 Å². The quantitative estimate of drug-likeness (QED) is 0.349. The predicted molar refractivity (Wildman–Crippen MR) is 11.6 cm³/mol. The van der Waals surface area contributed by atoms with Gasteiger partial charge >= 0.3 is 7.69 Å². The number of rotatable bonds is 0. The molecule has 0 atom stereocenters. The van der Waals surface area contributed by atoms with Gasteiger partial charge in [-0.1, -0.05) is 0 Å². The van der Waals surface area contributed by atoms with Gasteiger partial charge in [0, 0.05) is 21.7 Å². The van der Waals surface area contributed by atoms with E-state index in [1.54, 1.807) is 0 Å². The molecule has 22 valence electrons. The largest absolute Gasteiger partial charge is 0.432 e. The summed E-state index contributed by atoms with van der Waals surface area (Å²) in [4.78, 5) is 0. The smallest absolute Gasteiger partial charge is 0.430 e. The van der Waals surface area contributed by atoms with Gasteiger partial charge in [-0.3, -0.25) is 0 Å². The Morgan fingerprint density at radius 2 is 1.25 bits per heavy atom. The van der Waals surface area contributed by atoms with E-state index in [1.165, 1.54) is 0 Å². The molecule has 0 fully saturated rings. The van der Waals surface area contributed by atoms with E-state index in [4.69, 9.17) is 10.0 Å². The van der Waals surface area contributed by atoms with Crippen molar-refractivity contribution in [3.8, 4) is 0 Å². The molecule has 2 N–H and O–H groups in total. The van der Waals surface area contributed by atoms with Gasteiger partial charge in [0.15, 0.2) is 0 Å². The molecule has 0 aromatic carbocycles. The normalized spacial score (nSPS) is 3.50. The third-order valence-electron chi connectivity index (χ3n) is 0. The summed E-state index contributed by atoms with van der Waals surface area (Å²) in [5.74, 6) is 0. The fourth-order valence-electron chi connectivity index (χ4n) is 0. The van der Waals surface area contributed by atoms with Crippen molar-refractivity contribution in [2.24, 2.45) is 0 Å². The summed E-state index contributed by atoms with van der Waals surface area (Å²) in [7, 11) is -0.750. The van der Waals surface area contributed by atoms with E-state index in [0.717, 1.165) is 0 Å². The zero-order chi connectivity index (χ0) is 2.71. The van der Waals surface area contributed by atoms with Crippen molar-refractivity contribution in [3.05, 3.63) is 0 Å². The maximum Gasteiger partial charge on any atom is 0.432 e. The summed E-state index contributed by atoms with van der Waals surface area (Å²) in [5.41, 5.74) is 0. The summed E-state index contributed by atoms with van der Waals surface area (Å²) < 4.78 is 0. The van der Waals surface area contributed by atoms with E-state index in [1.807, 2.05) is 0 Å². The van der Waals surface area contributed by atoms with Crippen molar-refractivity contribution in [2.45, 2.75) is 0 Å². The molecule has 0 saturated carbocycles. The molecule has 0 heterocycles. The fraction of sp³-hybridized carbons (Fsp3) is 0. The average Bonchev–Trinajstić information content (AvgIpc) is 0.918. The van der Waals surface area contributed by atoms with Gasteiger partial charge in [-0.2, -0.15) is 0 Å². The van der Waals surface area contributed by atoms with Gasteiger partial charge in [0.25, 0.3) is 0 Å². The van der Waals surface area contributed by atoms with Gasteiger partial charge in [0.1, 0.15) is 0 Å². The molecule has 0 aliphatic carbocycles. The summed E-state index contributed by atoms with van der Waals surface area (Å²) in [6, 6.07) is 0. The van der Waals surface area contributed by atoms with E-state index in [2.05, 4.69) is 0 Å². The Labute approximate surface area is 40.0 Å². The van der Waals surface area contributed by atoms with Crippen LogP contribution in [0.3, 0.4) is 0 Å². The summed E-state index contributed by atoms with van der Waals surface area (Å²) in [6.45, 7) is 0. The molecule has 4 heteroatoms. The van der Waals surface area contributed by atoms with Crippen LogP contribution in [0.5, 0.6) is 0 Å². The molecule has 0 radical (unpaired) electrons. The summed E-state index contributed by atoms with van der Waals surface area (Å²) in [5, 5.41) is 14.2. The van der Waals surface area contributed by atoms with E-state index in [-0.39, 0.29) is 21.7 Å². The van der Waals surface area contributed by atoms with Crippen molar-refractivity contribution in [3.63, 3.8) is 0 Å². The molecular formula is H3BO2Ti. The van der Waals surface area contributed by atoms with Crippen LogP contribution < -0.4 is 0 Å². The van der Waals surface area contributed by atoms with E-state index >= 15 is 0 Å². The van der Waals surface area contributed by atoms with Gasteiger partial charge in [-0.25, -0.2) is 0 Å². The maximum atomic E-state index is 7.12. The van der Waals surface area contributed by atoms with Crippen molar-refractivity contribution >= 4 is 7.69 Å². The summed E-state index contributed by atoms with van der Waals surface area (Å²) >= 11 is 0. The van der Waals surface area contributed by atoms with Crippen LogP contribution in [0.25, 0.3) is 0 Å². The summed E-state index contributed by atoms with van der Waals surface area (Å²) in [6.07, 6.45) is 0. The van der Waals surface area contributed by atoms with Crippen molar-refractivity contribution in [1.82, 2.24) is 0 Å². The third-order valence-corrected chi connectivity index (χ3v) is 0. The molecule has 0 aliphatic heterocycles. The van der Waals surface area contributed by atoms with Gasteiger partial charge in [0.2, 0.25) is 0 Å². The first kappa shape index (κ1) is 8.83. The average molecular weight is 93.7 g/mol. The zero-order valence-electron chi connectivity index (χ0n) is 2.10. The predicted octanol–water partition coefficient (Wildman–Crippen LogP) is -1.77. The number of hydrogen-bond donors (Lipinski definition) is 2. The Balaban J connectivity index is 0. The molecule has 0 rings (SSSR count). The SMILES string of the molecule is OBO.[Ti]. The molecule has 4 heavy (non-hydrogen) atoms. The zero-order valence-corrected chi connectivity index (χ0v) is 3.66. The second-order valence-corrected chi connectivity index (χ2v) is 0.141. The molecular weight excluding hydrogens is 90.7 g/mol. The molecule has 0 spiro atoms.